The van der Waals surface area contributed by atoms with Crippen molar-refractivity contribution in [2.75, 3.05) is 0 Å². The van der Waals surface area contributed by atoms with Crippen molar-refractivity contribution in [3.63, 3.8) is 0 Å². The lowest BCUT2D eigenvalue weighted by Gasteiger charge is -2.23. The Hall–Kier alpha value is -2.10. The van der Waals surface area contributed by atoms with Crippen molar-refractivity contribution in [2.24, 2.45) is 7.05 Å². The summed E-state index contributed by atoms with van der Waals surface area (Å²) in [6, 6.07) is 6.57. The molecule has 3 aromatic rings. The fourth-order valence-corrected chi connectivity index (χ4v) is 2.40. The molecule has 104 valence electrons. The number of rotatable bonds is 3. The third-order valence-corrected chi connectivity index (χ3v) is 4.21. The monoisotopic (exact) mass is 268 g/mol. The first-order valence-electron chi connectivity index (χ1n) is 6.99. The van der Waals surface area contributed by atoms with Crippen molar-refractivity contribution in [1.29, 1.82) is 0 Å². The number of fused-ring (bicyclic) bond motifs is 1. The van der Waals surface area contributed by atoms with E-state index in [1.807, 2.05) is 19.4 Å². The molecule has 0 saturated heterocycles. The third-order valence-electron chi connectivity index (χ3n) is 4.21. The molecule has 0 spiro atoms. The van der Waals surface area contributed by atoms with Crippen LogP contribution in [-0.2, 0) is 12.5 Å². The van der Waals surface area contributed by atoms with Gasteiger partial charge in [0.05, 0.1) is 11.7 Å². The minimum atomic E-state index is 0.178. The van der Waals surface area contributed by atoms with Gasteiger partial charge in [0.25, 0.3) is 0 Å². The van der Waals surface area contributed by atoms with Gasteiger partial charge in [-0.25, -0.2) is 0 Å². The Kier molecular flexibility index (Phi) is 2.89. The number of nitrogens with zero attached hydrogens (tertiary/aromatic N) is 3. The molecular weight excluding hydrogens is 248 g/mol. The maximum atomic E-state index is 4.45. The lowest BCUT2D eigenvalue weighted by molar-refractivity contribution is 0.507. The Morgan fingerprint density at radius 2 is 2.10 bits per heavy atom. The van der Waals surface area contributed by atoms with E-state index in [0.29, 0.717) is 0 Å². The quantitative estimate of drug-likeness (QED) is 0.788. The molecule has 1 aromatic carbocycles. The SMILES string of the molecule is CCC(C)(C)c1ccc2[nH]nc(-c3cnn(C)c3)c2c1. The maximum absolute atomic E-state index is 4.45. The van der Waals surface area contributed by atoms with Crippen molar-refractivity contribution < 1.29 is 0 Å². The molecule has 0 atom stereocenters. The average molecular weight is 268 g/mol. The molecule has 1 N–H and O–H groups in total. The van der Waals surface area contributed by atoms with Crippen LogP contribution in [0, 0.1) is 0 Å². The van der Waals surface area contributed by atoms with Gasteiger partial charge in [0.15, 0.2) is 0 Å². The Balaban J connectivity index is 2.18. The van der Waals surface area contributed by atoms with Gasteiger partial charge in [-0.15, -0.1) is 0 Å². The second kappa shape index (κ2) is 4.47. The Morgan fingerprint density at radius 3 is 2.75 bits per heavy atom. The van der Waals surface area contributed by atoms with Crippen LogP contribution in [0.1, 0.15) is 32.8 Å². The molecule has 0 unspecified atom stereocenters. The van der Waals surface area contributed by atoms with Gasteiger partial charge in [0.1, 0.15) is 5.69 Å². The smallest absolute Gasteiger partial charge is 0.103 e. The van der Waals surface area contributed by atoms with Crippen LogP contribution in [0.3, 0.4) is 0 Å². The van der Waals surface area contributed by atoms with Crippen molar-refractivity contribution in [3.05, 3.63) is 36.2 Å². The molecule has 0 saturated carbocycles. The highest BCUT2D eigenvalue weighted by molar-refractivity contribution is 5.93. The van der Waals surface area contributed by atoms with E-state index in [9.17, 15) is 0 Å². The fourth-order valence-electron chi connectivity index (χ4n) is 2.40. The van der Waals surface area contributed by atoms with Crippen molar-refractivity contribution in [1.82, 2.24) is 20.0 Å². The number of aromatic amines is 1. The highest BCUT2D eigenvalue weighted by Crippen LogP contribution is 2.32. The summed E-state index contributed by atoms with van der Waals surface area (Å²) >= 11 is 0. The predicted octanol–water partition coefficient (Wildman–Crippen LogP) is 3.65. The zero-order chi connectivity index (χ0) is 14.3. The molecule has 0 bridgehead atoms. The summed E-state index contributed by atoms with van der Waals surface area (Å²) in [5.41, 5.74) is 4.61. The first-order chi connectivity index (χ1) is 9.51. The van der Waals surface area contributed by atoms with E-state index in [1.54, 1.807) is 4.68 Å². The Morgan fingerprint density at radius 1 is 1.30 bits per heavy atom. The summed E-state index contributed by atoms with van der Waals surface area (Å²) in [6.07, 6.45) is 4.96. The van der Waals surface area contributed by atoms with Gasteiger partial charge in [-0.05, 0) is 29.5 Å². The van der Waals surface area contributed by atoms with E-state index in [4.69, 9.17) is 0 Å². The third kappa shape index (κ3) is 2.01. The van der Waals surface area contributed by atoms with Gasteiger partial charge in [-0.3, -0.25) is 9.78 Å². The first kappa shape index (κ1) is 12.9. The fraction of sp³-hybridized carbons (Fsp3) is 0.375. The highest BCUT2D eigenvalue weighted by Gasteiger charge is 2.19. The van der Waals surface area contributed by atoms with Gasteiger partial charge in [0, 0.05) is 24.2 Å². The van der Waals surface area contributed by atoms with Gasteiger partial charge in [0.2, 0.25) is 0 Å². The number of aromatic nitrogens is 4. The topological polar surface area (TPSA) is 46.5 Å². The van der Waals surface area contributed by atoms with Crippen LogP contribution in [0.4, 0.5) is 0 Å². The van der Waals surface area contributed by atoms with Crippen LogP contribution in [0.5, 0.6) is 0 Å². The van der Waals surface area contributed by atoms with Crippen LogP contribution >= 0.6 is 0 Å². The van der Waals surface area contributed by atoms with Gasteiger partial charge in [-0.2, -0.15) is 10.2 Å². The molecule has 4 nitrogen and oxygen atoms in total. The molecule has 0 fully saturated rings. The highest BCUT2D eigenvalue weighted by atomic mass is 15.2. The van der Waals surface area contributed by atoms with Crippen molar-refractivity contribution in [2.45, 2.75) is 32.6 Å². The summed E-state index contributed by atoms with van der Waals surface area (Å²) < 4.78 is 1.80. The van der Waals surface area contributed by atoms with E-state index in [1.165, 1.54) is 5.56 Å². The van der Waals surface area contributed by atoms with Crippen molar-refractivity contribution in [3.8, 4) is 11.3 Å². The molecule has 3 rings (SSSR count). The normalized spacial score (nSPS) is 12.2. The summed E-state index contributed by atoms with van der Waals surface area (Å²) in [4.78, 5) is 0. The van der Waals surface area contributed by atoms with Gasteiger partial charge in [-0.1, -0.05) is 26.8 Å². The number of hydrogen-bond donors (Lipinski definition) is 1. The number of aryl methyl sites for hydroxylation is 1. The number of nitrogens with one attached hydrogen (secondary N) is 1. The predicted molar refractivity (Wildman–Crippen MR) is 81.6 cm³/mol. The minimum Gasteiger partial charge on any atom is -0.277 e. The number of benzene rings is 1. The molecular formula is C16H20N4. The lowest BCUT2D eigenvalue weighted by atomic mass is 9.82. The maximum Gasteiger partial charge on any atom is 0.103 e. The average Bonchev–Trinajstić information content (AvgIpc) is 3.03. The zero-order valence-corrected chi connectivity index (χ0v) is 12.4. The molecule has 0 radical (unpaired) electrons. The molecule has 0 amide bonds. The van der Waals surface area contributed by atoms with Gasteiger partial charge >= 0.3 is 0 Å². The van der Waals surface area contributed by atoms with Crippen LogP contribution < -0.4 is 0 Å². The largest absolute Gasteiger partial charge is 0.277 e. The van der Waals surface area contributed by atoms with Crippen LogP contribution in [0.2, 0.25) is 0 Å². The van der Waals surface area contributed by atoms with Gasteiger partial charge < -0.3 is 0 Å². The lowest BCUT2D eigenvalue weighted by Crippen LogP contribution is -2.14. The first-order valence-corrected chi connectivity index (χ1v) is 6.99. The Bertz CT molecular complexity index is 749. The van der Waals surface area contributed by atoms with Crippen LogP contribution in [0.25, 0.3) is 22.2 Å². The summed E-state index contributed by atoms with van der Waals surface area (Å²) in [7, 11) is 1.92. The molecule has 4 heteroatoms. The molecule has 0 aliphatic carbocycles. The summed E-state index contributed by atoms with van der Waals surface area (Å²) in [5.74, 6) is 0. The molecule has 0 aliphatic rings. The number of H-pyrrole nitrogens is 1. The molecule has 2 aromatic heterocycles. The molecule has 2 heterocycles. The number of hydrogen-bond acceptors (Lipinski definition) is 2. The van der Waals surface area contributed by atoms with E-state index in [0.717, 1.165) is 28.6 Å². The van der Waals surface area contributed by atoms with Crippen molar-refractivity contribution >= 4 is 10.9 Å². The van der Waals surface area contributed by atoms with Crippen LogP contribution in [0.15, 0.2) is 30.6 Å². The molecule has 20 heavy (non-hydrogen) atoms. The minimum absolute atomic E-state index is 0.178. The Labute approximate surface area is 118 Å². The van der Waals surface area contributed by atoms with Crippen LogP contribution in [-0.4, -0.2) is 20.0 Å². The second-order valence-electron chi connectivity index (χ2n) is 5.97. The standard InChI is InChI=1S/C16H20N4/c1-5-16(2,3)12-6-7-14-13(8-12)15(19-18-14)11-9-17-20(4)10-11/h6-10H,5H2,1-4H3,(H,18,19). The zero-order valence-electron chi connectivity index (χ0n) is 12.4. The second-order valence-corrected chi connectivity index (χ2v) is 5.97. The summed E-state index contributed by atoms with van der Waals surface area (Å²) in [5, 5.41) is 12.9. The molecule has 0 aliphatic heterocycles. The van der Waals surface area contributed by atoms with E-state index in [-0.39, 0.29) is 5.41 Å². The van der Waals surface area contributed by atoms with E-state index >= 15 is 0 Å². The summed E-state index contributed by atoms with van der Waals surface area (Å²) in [6.45, 7) is 6.78. The van der Waals surface area contributed by atoms with E-state index < -0.39 is 0 Å². The van der Waals surface area contributed by atoms with E-state index in [2.05, 4.69) is 54.3 Å².